The highest BCUT2D eigenvalue weighted by molar-refractivity contribution is 6.31. The van der Waals surface area contributed by atoms with E-state index in [1.54, 1.807) is 7.11 Å². The van der Waals surface area contributed by atoms with Crippen LogP contribution in [0.2, 0.25) is 5.02 Å². The molecule has 21 heavy (non-hydrogen) atoms. The summed E-state index contributed by atoms with van der Waals surface area (Å²) in [6, 6.07) is 8.43. The Morgan fingerprint density at radius 2 is 1.86 bits per heavy atom. The van der Waals surface area contributed by atoms with Crippen LogP contribution in [0.3, 0.4) is 0 Å². The smallest absolute Gasteiger partial charge is 0.0589 e. The Morgan fingerprint density at radius 3 is 2.43 bits per heavy atom. The summed E-state index contributed by atoms with van der Waals surface area (Å²) in [6.45, 7) is 7.17. The molecule has 0 aliphatic carbocycles. The highest BCUT2D eigenvalue weighted by Crippen LogP contribution is 2.23. The number of benzene rings is 1. The molecule has 0 bridgehead atoms. The van der Waals surface area contributed by atoms with Gasteiger partial charge in [-0.2, -0.15) is 0 Å². The molecule has 2 N–H and O–H groups in total. The predicted octanol–water partition coefficient (Wildman–Crippen LogP) is 3.87. The maximum atomic E-state index is 6.31. The Balaban J connectivity index is 2.61. The molecule has 1 aromatic rings. The zero-order valence-corrected chi connectivity index (χ0v) is 14.3. The first-order chi connectivity index (χ1) is 10.1. The van der Waals surface area contributed by atoms with Crippen LogP contribution in [0.15, 0.2) is 24.3 Å². The van der Waals surface area contributed by atoms with Gasteiger partial charge in [0.2, 0.25) is 0 Å². The predicted molar refractivity (Wildman–Crippen MR) is 90.8 cm³/mol. The Morgan fingerprint density at radius 1 is 1.19 bits per heavy atom. The Bertz CT molecular complexity index is 396. The van der Waals surface area contributed by atoms with Crippen LogP contribution in [-0.4, -0.2) is 37.7 Å². The van der Waals surface area contributed by atoms with E-state index in [0.717, 1.165) is 49.5 Å². The van der Waals surface area contributed by atoms with Crippen LogP contribution in [0.1, 0.15) is 44.7 Å². The van der Waals surface area contributed by atoms with E-state index in [1.807, 2.05) is 24.3 Å². The second-order valence-electron chi connectivity index (χ2n) is 5.42. The molecule has 0 spiro atoms. The van der Waals surface area contributed by atoms with Crippen LogP contribution in [0.5, 0.6) is 0 Å². The third-order valence-corrected chi connectivity index (χ3v) is 4.42. The summed E-state index contributed by atoms with van der Waals surface area (Å²) in [4.78, 5) is 2.49. The van der Waals surface area contributed by atoms with Gasteiger partial charge < -0.3 is 10.5 Å². The van der Waals surface area contributed by atoms with Gasteiger partial charge in [0, 0.05) is 37.3 Å². The Hall–Kier alpha value is -0.610. The molecule has 1 unspecified atom stereocenters. The third-order valence-electron chi connectivity index (χ3n) is 4.07. The molecule has 4 heteroatoms. The molecular formula is C17H29ClN2O. The second kappa shape index (κ2) is 10.2. The molecule has 0 aliphatic rings. The normalized spacial score (nSPS) is 13.1. The van der Waals surface area contributed by atoms with Crippen LogP contribution in [0.4, 0.5) is 0 Å². The summed E-state index contributed by atoms with van der Waals surface area (Å²) < 4.78 is 5.23. The Labute approximate surface area is 134 Å². The summed E-state index contributed by atoms with van der Waals surface area (Å²) in [5.41, 5.74) is 7.35. The van der Waals surface area contributed by atoms with Crippen molar-refractivity contribution in [2.75, 3.05) is 26.8 Å². The van der Waals surface area contributed by atoms with Gasteiger partial charge in [-0.05, 0) is 30.9 Å². The van der Waals surface area contributed by atoms with E-state index in [4.69, 9.17) is 22.1 Å². The van der Waals surface area contributed by atoms with Crippen LogP contribution in [0, 0.1) is 0 Å². The minimum atomic E-state index is -0.0156. The van der Waals surface area contributed by atoms with Gasteiger partial charge in [-0.25, -0.2) is 0 Å². The first-order valence-corrected chi connectivity index (χ1v) is 8.24. The van der Waals surface area contributed by atoms with Crippen molar-refractivity contribution in [3.63, 3.8) is 0 Å². The van der Waals surface area contributed by atoms with E-state index < -0.39 is 0 Å². The summed E-state index contributed by atoms with van der Waals surface area (Å²) in [7, 11) is 1.75. The zero-order chi connectivity index (χ0) is 15.7. The minimum Gasteiger partial charge on any atom is -0.383 e. The molecular weight excluding hydrogens is 284 g/mol. The fourth-order valence-electron chi connectivity index (χ4n) is 2.73. The first-order valence-electron chi connectivity index (χ1n) is 7.86. The van der Waals surface area contributed by atoms with Gasteiger partial charge in [0.15, 0.2) is 0 Å². The quantitative estimate of drug-likeness (QED) is 0.713. The molecule has 0 saturated carbocycles. The van der Waals surface area contributed by atoms with Gasteiger partial charge in [0.25, 0.3) is 0 Å². The maximum Gasteiger partial charge on any atom is 0.0589 e. The number of nitrogens with two attached hydrogens (primary N) is 1. The number of nitrogens with zero attached hydrogens (tertiary/aromatic N) is 1. The molecule has 0 saturated heterocycles. The number of ether oxygens (including phenoxy) is 1. The van der Waals surface area contributed by atoms with Crippen molar-refractivity contribution in [2.24, 2.45) is 5.73 Å². The summed E-state index contributed by atoms with van der Waals surface area (Å²) >= 11 is 6.22. The van der Waals surface area contributed by atoms with E-state index in [2.05, 4.69) is 18.7 Å². The molecule has 1 aromatic carbocycles. The van der Waals surface area contributed by atoms with Gasteiger partial charge >= 0.3 is 0 Å². The lowest BCUT2D eigenvalue weighted by atomic mass is 10.0. The third kappa shape index (κ3) is 5.95. The van der Waals surface area contributed by atoms with Gasteiger partial charge in [-0.1, -0.05) is 43.6 Å². The van der Waals surface area contributed by atoms with Gasteiger partial charge in [0.1, 0.15) is 0 Å². The SMILES string of the molecule is CCC(CC)N(CCOC)CCC(N)c1ccccc1Cl. The van der Waals surface area contributed by atoms with Crippen molar-refractivity contribution in [2.45, 2.75) is 45.2 Å². The first kappa shape index (κ1) is 18.4. The summed E-state index contributed by atoms with van der Waals surface area (Å²) in [5, 5.41) is 0.760. The van der Waals surface area contributed by atoms with E-state index in [0.29, 0.717) is 6.04 Å². The lowest BCUT2D eigenvalue weighted by Crippen LogP contribution is -2.38. The van der Waals surface area contributed by atoms with Crippen LogP contribution < -0.4 is 5.73 Å². The number of hydrogen-bond acceptors (Lipinski definition) is 3. The van der Waals surface area contributed by atoms with Crippen molar-refractivity contribution in [1.82, 2.24) is 4.90 Å². The molecule has 0 aliphatic heterocycles. The van der Waals surface area contributed by atoms with Crippen molar-refractivity contribution in [3.8, 4) is 0 Å². The number of halogens is 1. The van der Waals surface area contributed by atoms with Crippen molar-refractivity contribution in [1.29, 1.82) is 0 Å². The number of hydrogen-bond donors (Lipinski definition) is 1. The number of methoxy groups -OCH3 is 1. The van der Waals surface area contributed by atoms with Crippen molar-refractivity contribution in [3.05, 3.63) is 34.9 Å². The zero-order valence-electron chi connectivity index (χ0n) is 13.5. The van der Waals surface area contributed by atoms with Crippen LogP contribution in [0.25, 0.3) is 0 Å². The molecule has 3 nitrogen and oxygen atoms in total. The van der Waals surface area contributed by atoms with E-state index in [9.17, 15) is 0 Å². The van der Waals surface area contributed by atoms with Gasteiger partial charge in [0.05, 0.1) is 6.61 Å². The average molecular weight is 313 g/mol. The minimum absolute atomic E-state index is 0.0156. The second-order valence-corrected chi connectivity index (χ2v) is 5.82. The number of rotatable bonds is 10. The molecule has 0 aromatic heterocycles. The molecule has 1 rings (SSSR count). The lowest BCUT2D eigenvalue weighted by Gasteiger charge is -2.31. The molecule has 0 amide bonds. The van der Waals surface area contributed by atoms with E-state index in [-0.39, 0.29) is 6.04 Å². The molecule has 0 radical (unpaired) electrons. The van der Waals surface area contributed by atoms with Crippen LogP contribution >= 0.6 is 11.6 Å². The fraction of sp³-hybridized carbons (Fsp3) is 0.647. The van der Waals surface area contributed by atoms with E-state index >= 15 is 0 Å². The largest absolute Gasteiger partial charge is 0.383 e. The molecule has 0 heterocycles. The molecule has 1 atom stereocenters. The average Bonchev–Trinajstić information content (AvgIpc) is 2.50. The van der Waals surface area contributed by atoms with E-state index in [1.165, 1.54) is 0 Å². The van der Waals surface area contributed by atoms with Gasteiger partial charge in [-0.3, -0.25) is 4.90 Å². The molecule has 0 fully saturated rings. The summed E-state index contributed by atoms with van der Waals surface area (Å²) in [5.74, 6) is 0. The summed E-state index contributed by atoms with van der Waals surface area (Å²) in [6.07, 6.45) is 3.22. The Kier molecular flexibility index (Phi) is 8.93. The van der Waals surface area contributed by atoms with Crippen molar-refractivity contribution >= 4 is 11.6 Å². The highest BCUT2D eigenvalue weighted by Gasteiger charge is 2.17. The maximum absolute atomic E-state index is 6.31. The lowest BCUT2D eigenvalue weighted by molar-refractivity contribution is 0.112. The highest BCUT2D eigenvalue weighted by atomic mass is 35.5. The van der Waals surface area contributed by atoms with Crippen molar-refractivity contribution < 1.29 is 4.74 Å². The van der Waals surface area contributed by atoms with Gasteiger partial charge in [-0.15, -0.1) is 0 Å². The van der Waals surface area contributed by atoms with Crippen LogP contribution in [-0.2, 0) is 4.74 Å². The molecule has 120 valence electrons. The fourth-order valence-corrected chi connectivity index (χ4v) is 3.00. The topological polar surface area (TPSA) is 38.5 Å². The standard InChI is InChI=1S/C17H29ClN2O/c1-4-14(5-2)20(12-13-21-3)11-10-17(19)15-8-6-7-9-16(15)18/h6-9,14,17H,4-5,10-13,19H2,1-3H3. The monoisotopic (exact) mass is 312 g/mol.